The summed E-state index contributed by atoms with van der Waals surface area (Å²) in [5.74, 6) is -0.890. The number of thioether (sulfide) groups is 1. The number of nitrogens with zero attached hydrogens (tertiary/aromatic N) is 3. The maximum absolute atomic E-state index is 13.2. The summed E-state index contributed by atoms with van der Waals surface area (Å²) in [6.45, 7) is -0.289. The molecule has 1 aromatic heterocycles. The van der Waals surface area contributed by atoms with Crippen LogP contribution in [0.4, 0.5) is 17.6 Å². The molecule has 28 heavy (non-hydrogen) atoms. The number of benzene rings is 1. The highest BCUT2D eigenvalue weighted by Crippen LogP contribution is 2.26. The van der Waals surface area contributed by atoms with E-state index in [-0.39, 0.29) is 17.7 Å². The molecule has 2 heterocycles. The Hall–Kier alpha value is -2.14. The quantitative estimate of drug-likeness (QED) is 0.553. The highest BCUT2D eigenvalue weighted by Gasteiger charge is 2.28. The van der Waals surface area contributed by atoms with Gasteiger partial charge in [0.15, 0.2) is 11.0 Å². The third kappa shape index (κ3) is 5.68. The fraction of sp³-hybridized carbons (Fsp3) is 0.471. The van der Waals surface area contributed by atoms with Crippen LogP contribution in [0.2, 0.25) is 0 Å². The smallest absolute Gasteiger partial charge is 0.376 e. The highest BCUT2D eigenvalue weighted by atomic mass is 32.2. The lowest BCUT2D eigenvalue weighted by molar-refractivity contribution is -0.136. The maximum Gasteiger partial charge on any atom is 0.405 e. The minimum absolute atomic E-state index is 0.0476. The number of alkyl halides is 3. The van der Waals surface area contributed by atoms with E-state index in [9.17, 15) is 22.4 Å². The van der Waals surface area contributed by atoms with Crippen LogP contribution in [0.3, 0.4) is 0 Å². The molecule has 1 aliphatic heterocycles. The zero-order valence-electron chi connectivity index (χ0n) is 14.7. The van der Waals surface area contributed by atoms with Gasteiger partial charge in [0.05, 0.1) is 18.4 Å². The van der Waals surface area contributed by atoms with E-state index in [1.165, 1.54) is 12.1 Å². The molecule has 1 atom stereocenters. The molecule has 2 aromatic rings. The molecule has 1 saturated heterocycles. The summed E-state index contributed by atoms with van der Waals surface area (Å²) in [6, 6.07) is 5.74. The van der Waals surface area contributed by atoms with Crippen LogP contribution in [0, 0.1) is 5.82 Å². The molecule has 1 aromatic carbocycles. The zero-order chi connectivity index (χ0) is 20.1. The van der Waals surface area contributed by atoms with Gasteiger partial charge in [-0.2, -0.15) is 13.2 Å². The van der Waals surface area contributed by atoms with Gasteiger partial charge in [-0.3, -0.25) is 9.36 Å². The summed E-state index contributed by atoms with van der Waals surface area (Å²) in [5, 5.41) is 10.4. The zero-order valence-corrected chi connectivity index (χ0v) is 15.5. The number of hydrogen-bond acceptors (Lipinski definition) is 5. The number of halogens is 4. The molecule has 1 amide bonds. The number of carbonyl (C=O) groups excluding carboxylic acids is 1. The van der Waals surface area contributed by atoms with Gasteiger partial charge in [0.25, 0.3) is 0 Å². The van der Waals surface area contributed by atoms with Gasteiger partial charge in [-0.1, -0.05) is 11.8 Å². The molecule has 6 nitrogen and oxygen atoms in total. The lowest BCUT2D eigenvalue weighted by atomic mass is 10.2. The molecule has 152 valence electrons. The second kappa shape index (κ2) is 8.91. The first-order chi connectivity index (χ1) is 13.3. The number of amides is 1. The Morgan fingerprint density at radius 1 is 1.29 bits per heavy atom. The van der Waals surface area contributed by atoms with Crippen molar-refractivity contribution in [3.63, 3.8) is 0 Å². The van der Waals surface area contributed by atoms with Crippen molar-refractivity contribution in [2.75, 3.05) is 18.9 Å². The standard InChI is InChI=1S/C17H18F4N4O2S/c18-12-5-3-11(4-6-12)15-23-24-16(25(15)8-13-2-1-7-27-13)28-9-14(26)22-10-17(19,20)21/h3-6,13H,1-2,7-10H2,(H,22,26). The van der Waals surface area contributed by atoms with Crippen molar-refractivity contribution in [1.29, 1.82) is 0 Å². The van der Waals surface area contributed by atoms with E-state index in [0.29, 0.717) is 29.7 Å². The van der Waals surface area contributed by atoms with E-state index >= 15 is 0 Å². The lowest BCUT2D eigenvalue weighted by Gasteiger charge is -2.15. The minimum atomic E-state index is -4.46. The van der Waals surface area contributed by atoms with Gasteiger partial charge < -0.3 is 10.1 Å². The molecular formula is C17H18F4N4O2S. The summed E-state index contributed by atoms with van der Waals surface area (Å²) < 4.78 is 57.2. The molecule has 11 heteroatoms. The van der Waals surface area contributed by atoms with Crippen LogP contribution in [-0.2, 0) is 16.1 Å². The molecule has 0 saturated carbocycles. The van der Waals surface area contributed by atoms with Crippen molar-refractivity contribution < 1.29 is 27.1 Å². The Labute approximate surface area is 162 Å². The van der Waals surface area contributed by atoms with Crippen LogP contribution in [0.5, 0.6) is 0 Å². The SMILES string of the molecule is O=C(CSc1nnc(-c2ccc(F)cc2)n1CC1CCCO1)NCC(F)(F)F. The predicted octanol–water partition coefficient (Wildman–Crippen LogP) is 3.03. The molecule has 0 spiro atoms. The summed E-state index contributed by atoms with van der Waals surface area (Å²) >= 11 is 0.988. The summed E-state index contributed by atoms with van der Waals surface area (Å²) in [6.07, 6.45) is -2.72. The Morgan fingerprint density at radius 2 is 2.04 bits per heavy atom. The van der Waals surface area contributed by atoms with Crippen molar-refractivity contribution in [2.24, 2.45) is 0 Å². The van der Waals surface area contributed by atoms with Gasteiger partial charge in [0.1, 0.15) is 12.4 Å². The van der Waals surface area contributed by atoms with Crippen molar-refractivity contribution in [3.05, 3.63) is 30.1 Å². The number of rotatable bonds is 7. The normalized spacial score (nSPS) is 17.1. The third-order valence-electron chi connectivity index (χ3n) is 4.05. The van der Waals surface area contributed by atoms with Crippen LogP contribution >= 0.6 is 11.8 Å². The van der Waals surface area contributed by atoms with Gasteiger partial charge in [-0.05, 0) is 37.1 Å². The molecule has 0 aliphatic carbocycles. The largest absolute Gasteiger partial charge is 0.405 e. The molecule has 1 unspecified atom stereocenters. The molecule has 1 aliphatic rings. The first-order valence-electron chi connectivity index (χ1n) is 8.59. The molecule has 0 bridgehead atoms. The molecule has 1 fully saturated rings. The fourth-order valence-electron chi connectivity index (χ4n) is 2.74. The van der Waals surface area contributed by atoms with Crippen LogP contribution in [-0.4, -0.2) is 51.9 Å². The number of hydrogen-bond donors (Lipinski definition) is 1. The van der Waals surface area contributed by atoms with E-state index in [1.807, 2.05) is 5.32 Å². The Balaban J connectivity index is 1.74. The van der Waals surface area contributed by atoms with Gasteiger partial charge >= 0.3 is 6.18 Å². The van der Waals surface area contributed by atoms with E-state index in [0.717, 1.165) is 24.6 Å². The van der Waals surface area contributed by atoms with Crippen molar-refractivity contribution >= 4 is 17.7 Å². The molecule has 0 radical (unpaired) electrons. The number of carbonyl (C=O) groups is 1. The number of aromatic nitrogens is 3. The van der Waals surface area contributed by atoms with Gasteiger partial charge in [-0.15, -0.1) is 10.2 Å². The van der Waals surface area contributed by atoms with E-state index in [2.05, 4.69) is 10.2 Å². The summed E-state index contributed by atoms with van der Waals surface area (Å²) in [7, 11) is 0. The van der Waals surface area contributed by atoms with Gasteiger partial charge in [0, 0.05) is 12.2 Å². The van der Waals surface area contributed by atoms with E-state index in [1.54, 1.807) is 16.7 Å². The second-order valence-electron chi connectivity index (χ2n) is 6.24. The van der Waals surface area contributed by atoms with Gasteiger partial charge in [0.2, 0.25) is 5.91 Å². The van der Waals surface area contributed by atoms with Crippen molar-refractivity contribution in [3.8, 4) is 11.4 Å². The average molecular weight is 418 g/mol. The predicted molar refractivity (Wildman–Crippen MR) is 94.2 cm³/mol. The lowest BCUT2D eigenvalue weighted by Crippen LogP contribution is -2.34. The van der Waals surface area contributed by atoms with Crippen molar-refractivity contribution in [1.82, 2.24) is 20.1 Å². The minimum Gasteiger partial charge on any atom is -0.376 e. The first-order valence-corrected chi connectivity index (χ1v) is 9.57. The summed E-state index contributed by atoms with van der Waals surface area (Å²) in [4.78, 5) is 11.7. The molecule has 3 rings (SSSR count). The monoisotopic (exact) mass is 418 g/mol. The Morgan fingerprint density at radius 3 is 2.68 bits per heavy atom. The van der Waals surface area contributed by atoms with E-state index in [4.69, 9.17) is 4.74 Å². The van der Waals surface area contributed by atoms with Gasteiger partial charge in [-0.25, -0.2) is 4.39 Å². The first kappa shape index (κ1) is 20.6. The highest BCUT2D eigenvalue weighted by molar-refractivity contribution is 7.99. The molecular weight excluding hydrogens is 400 g/mol. The molecule has 1 N–H and O–H groups in total. The second-order valence-corrected chi connectivity index (χ2v) is 7.18. The van der Waals surface area contributed by atoms with Crippen LogP contribution in [0.25, 0.3) is 11.4 Å². The Bertz CT molecular complexity index is 804. The van der Waals surface area contributed by atoms with Crippen LogP contribution in [0.15, 0.2) is 29.4 Å². The third-order valence-corrected chi connectivity index (χ3v) is 5.01. The Kier molecular flexibility index (Phi) is 6.55. The topological polar surface area (TPSA) is 69.0 Å². The van der Waals surface area contributed by atoms with Crippen LogP contribution in [0.1, 0.15) is 12.8 Å². The summed E-state index contributed by atoms with van der Waals surface area (Å²) in [5.41, 5.74) is 0.639. The fourth-order valence-corrected chi connectivity index (χ4v) is 3.52. The maximum atomic E-state index is 13.2. The number of ether oxygens (including phenoxy) is 1. The average Bonchev–Trinajstić information content (AvgIpc) is 3.29. The van der Waals surface area contributed by atoms with Crippen molar-refractivity contribution in [2.45, 2.75) is 36.8 Å². The van der Waals surface area contributed by atoms with E-state index < -0.39 is 18.6 Å². The van der Waals surface area contributed by atoms with Crippen LogP contribution < -0.4 is 5.32 Å². The number of nitrogens with one attached hydrogen (secondary N) is 1.